The van der Waals surface area contributed by atoms with Crippen molar-refractivity contribution in [3.8, 4) is 0 Å². The third kappa shape index (κ3) is 2.85. The van der Waals surface area contributed by atoms with E-state index in [1.54, 1.807) is 0 Å². The van der Waals surface area contributed by atoms with Crippen LogP contribution in [0.4, 0.5) is 0 Å². The van der Waals surface area contributed by atoms with Crippen LogP contribution in [0.3, 0.4) is 0 Å². The lowest BCUT2D eigenvalue weighted by Gasteiger charge is -2.21. The molecule has 0 radical (unpaired) electrons. The molecule has 0 fully saturated rings. The van der Waals surface area contributed by atoms with Crippen molar-refractivity contribution < 1.29 is 4.57 Å². The maximum absolute atomic E-state index is 14.3. The Morgan fingerprint density at radius 1 is 0.542 bits per heavy atom. The highest BCUT2D eigenvalue weighted by molar-refractivity contribution is 7.85. The van der Waals surface area contributed by atoms with Gasteiger partial charge in [0.1, 0.15) is 0 Å². The first-order valence-electron chi connectivity index (χ1n) is 8.24. The number of rotatable bonds is 3. The van der Waals surface area contributed by atoms with Crippen LogP contribution in [0.2, 0.25) is 0 Å². The van der Waals surface area contributed by atoms with E-state index in [1.807, 2.05) is 42.5 Å². The molecule has 0 N–H and O–H groups in total. The van der Waals surface area contributed by atoms with Crippen molar-refractivity contribution in [2.75, 3.05) is 0 Å². The zero-order valence-electron chi connectivity index (χ0n) is 14.7. The molecule has 3 aromatic carbocycles. The van der Waals surface area contributed by atoms with Gasteiger partial charge in [-0.1, -0.05) is 54.6 Å². The van der Waals surface area contributed by atoms with Crippen molar-refractivity contribution >= 4 is 23.1 Å². The molecule has 2 heteroatoms. The second-order valence-corrected chi connectivity index (χ2v) is 9.25. The molecule has 3 rings (SSSR count). The molecule has 0 spiro atoms. The highest BCUT2D eigenvalue weighted by Crippen LogP contribution is 2.42. The van der Waals surface area contributed by atoms with Gasteiger partial charge in [0.05, 0.1) is 0 Å². The Kier molecular flexibility index (Phi) is 4.47. The van der Waals surface area contributed by atoms with Gasteiger partial charge in [-0.05, 0) is 62.1 Å². The Morgan fingerprint density at radius 3 is 1.42 bits per heavy atom. The monoisotopic (exact) mass is 334 g/mol. The number of hydrogen-bond acceptors (Lipinski definition) is 1. The lowest BCUT2D eigenvalue weighted by Crippen LogP contribution is -2.25. The fourth-order valence-corrected chi connectivity index (χ4v) is 5.73. The highest BCUT2D eigenvalue weighted by atomic mass is 31.2. The van der Waals surface area contributed by atoms with Gasteiger partial charge in [0, 0.05) is 15.9 Å². The molecule has 24 heavy (non-hydrogen) atoms. The summed E-state index contributed by atoms with van der Waals surface area (Å²) in [5, 5.41) is 2.69. The summed E-state index contributed by atoms with van der Waals surface area (Å²) >= 11 is 0. The quantitative estimate of drug-likeness (QED) is 0.642. The molecule has 0 aliphatic carbocycles. The molecular weight excluding hydrogens is 311 g/mol. The van der Waals surface area contributed by atoms with Gasteiger partial charge in [0.15, 0.2) is 7.14 Å². The van der Waals surface area contributed by atoms with Crippen LogP contribution >= 0.6 is 7.14 Å². The van der Waals surface area contributed by atoms with Crippen LogP contribution in [0, 0.1) is 27.7 Å². The minimum absolute atomic E-state index is 0.886. The van der Waals surface area contributed by atoms with Crippen LogP contribution in [-0.2, 0) is 4.57 Å². The van der Waals surface area contributed by atoms with Gasteiger partial charge in [-0.25, -0.2) is 0 Å². The van der Waals surface area contributed by atoms with Gasteiger partial charge in [-0.2, -0.15) is 0 Å². The smallest absolute Gasteiger partial charge is 0.171 e. The largest absolute Gasteiger partial charge is 0.309 e. The first-order chi connectivity index (χ1) is 11.4. The Morgan fingerprint density at radius 2 is 1.00 bits per heavy atom. The van der Waals surface area contributed by atoms with E-state index in [0.717, 1.165) is 15.9 Å². The predicted octanol–water partition coefficient (Wildman–Crippen LogP) is 4.56. The first-order valence-corrected chi connectivity index (χ1v) is 9.95. The molecule has 1 nitrogen and oxygen atoms in total. The van der Waals surface area contributed by atoms with E-state index in [-0.39, 0.29) is 0 Å². The van der Waals surface area contributed by atoms with Crippen molar-refractivity contribution in [3.05, 3.63) is 89.0 Å². The molecule has 122 valence electrons. The van der Waals surface area contributed by atoms with Gasteiger partial charge in [0.25, 0.3) is 0 Å². The number of benzene rings is 3. The summed E-state index contributed by atoms with van der Waals surface area (Å²) in [4.78, 5) is 0. The van der Waals surface area contributed by atoms with E-state index in [1.165, 1.54) is 22.3 Å². The Hall–Kier alpha value is -2.11. The number of hydrogen-bond donors (Lipinski definition) is 0. The second kappa shape index (κ2) is 6.42. The SMILES string of the molecule is Cc1ccc(P(=O)(c2ccccc2)c2ccc(C)c(C)c2)cc1C. The molecule has 0 amide bonds. The van der Waals surface area contributed by atoms with E-state index in [9.17, 15) is 4.57 Å². The topological polar surface area (TPSA) is 17.1 Å². The van der Waals surface area contributed by atoms with E-state index < -0.39 is 7.14 Å². The standard InChI is InChI=1S/C22H23OP/c1-16-10-12-21(14-18(16)3)24(23,20-8-6-5-7-9-20)22-13-11-17(2)19(4)15-22/h5-15H,1-4H3. The highest BCUT2D eigenvalue weighted by Gasteiger charge is 2.30. The van der Waals surface area contributed by atoms with Gasteiger partial charge in [-0.3, -0.25) is 0 Å². The average molecular weight is 334 g/mol. The summed E-state index contributed by atoms with van der Waals surface area (Å²) in [5.41, 5.74) is 4.79. The van der Waals surface area contributed by atoms with E-state index in [2.05, 4.69) is 52.0 Å². The molecule has 3 aromatic rings. The maximum atomic E-state index is 14.3. The fraction of sp³-hybridized carbons (Fsp3) is 0.182. The zero-order valence-corrected chi connectivity index (χ0v) is 15.6. The lowest BCUT2D eigenvalue weighted by molar-refractivity contribution is 0.592. The average Bonchev–Trinajstić information content (AvgIpc) is 2.60. The Balaban J connectivity index is 2.31. The minimum Gasteiger partial charge on any atom is -0.309 e. The lowest BCUT2D eigenvalue weighted by atomic mass is 10.1. The molecule has 0 aromatic heterocycles. The van der Waals surface area contributed by atoms with E-state index in [4.69, 9.17) is 0 Å². The molecule has 0 aliphatic rings. The van der Waals surface area contributed by atoms with Gasteiger partial charge in [-0.15, -0.1) is 0 Å². The van der Waals surface area contributed by atoms with Crippen molar-refractivity contribution in [3.63, 3.8) is 0 Å². The molecule has 0 aliphatic heterocycles. The van der Waals surface area contributed by atoms with Crippen molar-refractivity contribution in [1.29, 1.82) is 0 Å². The minimum atomic E-state index is -2.87. The number of aryl methyl sites for hydroxylation is 4. The molecular formula is C22H23OP. The zero-order chi connectivity index (χ0) is 17.3. The summed E-state index contributed by atoms with van der Waals surface area (Å²) in [6.45, 7) is 8.33. The van der Waals surface area contributed by atoms with Crippen LogP contribution in [0.15, 0.2) is 66.7 Å². The summed E-state index contributed by atoms with van der Waals surface area (Å²) in [6, 6.07) is 22.2. The third-order valence-corrected chi connectivity index (χ3v) is 7.86. The summed E-state index contributed by atoms with van der Waals surface area (Å²) in [5.74, 6) is 0. The second-order valence-electron chi connectivity index (χ2n) is 6.48. The Labute approximate surface area is 144 Å². The summed E-state index contributed by atoms with van der Waals surface area (Å²) in [7, 11) is -2.87. The predicted molar refractivity (Wildman–Crippen MR) is 105 cm³/mol. The molecule has 0 bridgehead atoms. The molecule has 0 unspecified atom stereocenters. The first kappa shape index (κ1) is 16.7. The van der Waals surface area contributed by atoms with Crippen molar-refractivity contribution in [2.45, 2.75) is 27.7 Å². The van der Waals surface area contributed by atoms with Gasteiger partial charge >= 0.3 is 0 Å². The van der Waals surface area contributed by atoms with Crippen LogP contribution in [0.25, 0.3) is 0 Å². The van der Waals surface area contributed by atoms with Crippen LogP contribution in [0.1, 0.15) is 22.3 Å². The van der Waals surface area contributed by atoms with Crippen molar-refractivity contribution in [2.24, 2.45) is 0 Å². The van der Waals surface area contributed by atoms with Gasteiger partial charge in [0.2, 0.25) is 0 Å². The van der Waals surface area contributed by atoms with E-state index in [0.29, 0.717) is 0 Å². The van der Waals surface area contributed by atoms with Crippen molar-refractivity contribution in [1.82, 2.24) is 0 Å². The van der Waals surface area contributed by atoms with Crippen LogP contribution < -0.4 is 15.9 Å². The molecule has 0 saturated heterocycles. The maximum Gasteiger partial charge on any atom is 0.171 e. The summed E-state index contributed by atoms with van der Waals surface area (Å²) in [6.07, 6.45) is 0. The Bertz CT molecular complexity index is 870. The molecule has 0 heterocycles. The van der Waals surface area contributed by atoms with Crippen LogP contribution in [0.5, 0.6) is 0 Å². The molecule has 0 saturated carbocycles. The third-order valence-electron chi connectivity index (χ3n) is 4.83. The molecule has 0 atom stereocenters. The van der Waals surface area contributed by atoms with Gasteiger partial charge < -0.3 is 4.57 Å². The van der Waals surface area contributed by atoms with Crippen LogP contribution in [-0.4, -0.2) is 0 Å². The van der Waals surface area contributed by atoms with E-state index >= 15 is 0 Å². The summed E-state index contributed by atoms with van der Waals surface area (Å²) < 4.78 is 14.3. The normalized spacial score (nSPS) is 11.5. The fourth-order valence-electron chi connectivity index (χ4n) is 2.93.